The van der Waals surface area contributed by atoms with Crippen molar-refractivity contribution in [2.24, 2.45) is 7.05 Å². The van der Waals surface area contributed by atoms with Crippen molar-refractivity contribution in [2.45, 2.75) is 0 Å². The quantitative estimate of drug-likeness (QED) is 0.813. The maximum Gasteiger partial charge on any atom is 0.253 e. The lowest BCUT2D eigenvalue weighted by molar-refractivity contribution is 0.403. The van der Waals surface area contributed by atoms with Crippen LogP contribution in [0.3, 0.4) is 0 Å². The molecular formula is C13H13NO3. The third-order valence-electron chi connectivity index (χ3n) is 2.40. The maximum atomic E-state index is 11.4. The fourth-order valence-electron chi connectivity index (χ4n) is 1.43. The topological polar surface area (TPSA) is 40.5 Å². The molecule has 0 amide bonds. The van der Waals surface area contributed by atoms with Gasteiger partial charge in [0.1, 0.15) is 11.5 Å². The second kappa shape index (κ2) is 4.74. The molecule has 0 radical (unpaired) electrons. The van der Waals surface area contributed by atoms with Crippen molar-refractivity contribution < 1.29 is 9.47 Å². The smallest absolute Gasteiger partial charge is 0.253 e. The number of hydrogen-bond acceptors (Lipinski definition) is 3. The molecule has 0 aliphatic heterocycles. The van der Waals surface area contributed by atoms with E-state index in [-0.39, 0.29) is 5.56 Å². The summed E-state index contributed by atoms with van der Waals surface area (Å²) in [6.07, 6.45) is 0. The summed E-state index contributed by atoms with van der Waals surface area (Å²) >= 11 is 0. The molecule has 1 heterocycles. The highest BCUT2D eigenvalue weighted by molar-refractivity contribution is 5.35. The van der Waals surface area contributed by atoms with Crippen molar-refractivity contribution >= 4 is 0 Å². The first kappa shape index (κ1) is 11.3. The summed E-state index contributed by atoms with van der Waals surface area (Å²) in [6, 6.07) is 12.1. The number of pyridine rings is 1. The third kappa shape index (κ3) is 2.47. The molecule has 0 saturated heterocycles. The number of benzene rings is 1. The Labute approximate surface area is 99.0 Å². The number of ether oxygens (including phenoxy) is 2. The lowest BCUT2D eigenvalue weighted by Crippen LogP contribution is -2.15. The van der Waals surface area contributed by atoms with Gasteiger partial charge >= 0.3 is 0 Å². The van der Waals surface area contributed by atoms with Gasteiger partial charge < -0.3 is 9.47 Å². The average molecular weight is 231 g/mol. The fraction of sp³-hybridized carbons (Fsp3) is 0.154. The number of methoxy groups -OCH3 is 1. The molecule has 0 aliphatic carbocycles. The van der Waals surface area contributed by atoms with Gasteiger partial charge in [-0.25, -0.2) is 0 Å². The molecule has 4 heteroatoms. The van der Waals surface area contributed by atoms with E-state index in [4.69, 9.17) is 9.47 Å². The molecule has 2 aromatic rings. The fourth-order valence-corrected chi connectivity index (χ4v) is 1.43. The Morgan fingerprint density at radius 2 is 1.76 bits per heavy atom. The molecule has 1 aromatic carbocycles. The highest BCUT2D eigenvalue weighted by atomic mass is 16.5. The molecule has 88 valence electrons. The van der Waals surface area contributed by atoms with E-state index in [1.54, 1.807) is 38.4 Å². The third-order valence-corrected chi connectivity index (χ3v) is 2.40. The van der Waals surface area contributed by atoms with E-state index in [1.807, 2.05) is 12.1 Å². The molecule has 0 aliphatic rings. The van der Waals surface area contributed by atoms with Gasteiger partial charge in [0.25, 0.3) is 5.56 Å². The van der Waals surface area contributed by atoms with Crippen LogP contribution in [-0.2, 0) is 7.05 Å². The second-order valence-corrected chi connectivity index (χ2v) is 3.54. The molecule has 4 nitrogen and oxygen atoms in total. The SMILES string of the molecule is COc1cccc(Oc2cccc(=O)n2C)c1. The zero-order valence-electron chi connectivity index (χ0n) is 9.71. The molecule has 0 unspecified atom stereocenters. The number of rotatable bonds is 3. The second-order valence-electron chi connectivity index (χ2n) is 3.54. The summed E-state index contributed by atoms with van der Waals surface area (Å²) in [6.45, 7) is 0. The van der Waals surface area contributed by atoms with Gasteiger partial charge in [0.15, 0.2) is 0 Å². The van der Waals surface area contributed by atoms with Crippen LogP contribution in [0.15, 0.2) is 47.3 Å². The Balaban J connectivity index is 2.31. The van der Waals surface area contributed by atoms with Gasteiger partial charge in [0.05, 0.1) is 7.11 Å². The zero-order valence-corrected chi connectivity index (χ0v) is 9.71. The van der Waals surface area contributed by atoms with Crippen molar-refractivity contribution in [1.82, 2.24) is 4.57 Å². The largest absolute Gasteiger partial charge is 0.497 e. The van der Waals surface area contributed by atoms with E-state index in [1.165, 1.54) is 10.6 Å². The van der Waals surface area contributed by atoms with Gasteiger partial charge in [-0.05, 0) is 18.2 Å². The molecule has 0 saturated carbocycles. The van der Waals surface area contributed by atoms with Crippen LogP contribution >= 0.6 is 0 Å². The minimum Gasteiger partial charge on any atom is -0.497 e. The minimum absolute atomic E-state index is 0.106. The molecule has 0 fully saturated rings. The average Bonchev–Trinajstić information content (AvgIpc) is 2.35. The van der Waals surface area contributed by atoms with Crippen molar-refractivity contribution in [2.75, 3.05) is 7.11 Å². The van der Waals surface area contributed by atoms with E-state index in [0.29, 0.717) is 17.4 Å². The minimum atomic E-state index is -0.106. The molecule has 0 atom stereocenters. The Hall–Kier alpha value is -2.23. The molecule has 1 aromatic heterocycles. The van der Waals surface area contributed by atoms with E-state index in [0.717, 1.165) is 0 Å². The predicted molar refractivity (Wildman–Crippen MR) is 64.8 cm³/mol. The molecule has 2 rings (SSSR count). The van der Waals surface area contributed by atoms with E-state index >= 15 is 0 Å². The first-order valence-corrected chi connectivity index (χ1v) is 5.18. The van der Waals surface area contributed by atoms with Gasteiger partial charge in [-0.3, -0.25) is 9.36 Å². The Morgan fingerprint density at radius 1 is 1.06 bits per heavy atom. The highest BCUT2D eigenvalue weighted by Crippen LogP contribution is 2.23. The van der Waals surface area contributed by atoms with Gasteiger partial charge in [-0.2, -0.15) is 0 Å². The number of nitrogens with zero attached hydrogens (tertiary/aromatic N) is 1. The van der Waals surface area contributed by atoms with Crippen LogP contribution < -0.4 is 15.0 Å². The van der Waals surface area contributed by atoms with Crippen LogP contribution in [0.4, 0.5) is 0 Å². The van der Waals surface area contributed by atoms with E-state index in [9.17, 15) is 4.79 Å². The molecular weight excluding hydrogens is 218 g/mol. The first-order valence-electron chi connectivity index (χ1n) is 5.18. The van der Waals surface area contributed by atoms with Crippen molar-refractivity contribution in [1.29, 1.82) is 0 Å². The molecule has 0 spiro atoms. The predicted octanol–water partition coefficient (Wildman–Crippen LogP) is 2.19. The Morgan fingerprint density at radius 3 is 2.53 bits per heavy atom. The van der Waals surface area contributed by atoms with Gasteiger partial charge in [0.2, 0.25) is 5.88 Å². The molecule has 17 heavy (non-hydrogen) atoms. The monoisotopic (exact) mass is 231 g/mol. The van der Waals surface area contributed by atoms with Gasteiger partial charge in [0, 0.05) is 19.2 Å². The van der Waals surface area contributed by atoms with Crippen molar-refractivity contribution in [3.63, 3.8) is 0 Å². The standard InChI is InChI=1S/C13H13NO3/c1-14-12(15)7-4-8-13(14)17-11-6-3-5-10(9-11)16-2/h3-9H,1-2H3. The van der Waals surface area contributed by atoms with Gasteiger partial charge in [-0.15, -0.1) is 0 Å². The maximum absolute atomic E-state index is 11.4. The molecule has 0 bridgehead atoms. The van der Waals surface area contributed by atoms with Gasteiger partial charge in [-0.1, -0.05) is 12.1 Å². The van der Waals surface area contributed by atoms with Crippen LogP contribution in [0, 0.1) is 0 Å². The van der Waals surface area contributed by atoms with Crippen LogP contribution in [0.2, 0.25) is 0 Å². The summed E-state index contributed by atoms with van der Waals surface area (Å²) in [5.74, 6) is 1.83. The van der Waals surface area contributed by atoms with Crippen LogP contribution in [0.5, 0.6) is 17.4 Å². The Bertz CT molecular complexity index is 575. The summed E-state index contributed by atoms with van der Waals surface area (Å²) in [5.41, 5.74) is -0.106. The normalized spacial score (nSPS) is 10.0. The van der Waals surface area contributed by atoms with Crippen molar-refractivity contribution in [3.05, 3.63) is 52.8 Å². The number of aromatic nitrogens is 1. The van der Waals surface area contributed by atoms with Crippen LogP contribution in [0.25, 0.3) is 0 Å². The Kier molecular flexibility index (Phi) is 3.14. The first-order chi connectivity index (χ1) is 8.20. The van der Waals surface area contributed by atoms with Crippen LogP contribution in [-0.4, -0.2) is 11.7 Å². The van der Waals surface area contributed by atoms with E-state index in [2.05, 4.69) is 0 Å². The lowest BCUT2D eigenvalue weighted by Gasteiger charge is -2.10. The summed E-state index contributed by atoms with van der Waals surface area (Å²) in [4.78, 5) is 11.4. The number of hydrogen-bond donors (Lipinski definition) is 0. The summed E-state index contributed by atoms with van der Waals surface area (Å²) in [7, 11) is 3.26. The van der Waals surface area contributed by atoms with E-state index < -0.39 is 0 Å². The lowest BCUT2D eigenvalue weighted by atomic mass is 10.3. The van der Waals surface area contributed by atoms with Crippen LogP contribution in [0.1, 0.15) is 0 Å². The summed E-state index contributed by atoms with van der Waals surface area (Å²) in [5, 5.41) is 0. The summed E-state index contributed by atoms with van der Waals surface area (Å²) < 4.78 is 12.2. The zero-order chi connectivity index (χ0) is 12.3. The highest BCUT2D eigenvalue weighted by Gasteiger charge is 2.02. The van der Waals surface area contributed by atoms with Crippen molar-refractivity contribution in [3.8, 4) is 17.4 Å². The molecule has 0 N–H and O–H groups in total.